The molecule has 0 radical (unpaired) electrons. The van der Waals surface area contributed by atoms with E-state index in [4.69, 9.17) is 0 Å². The molecule has 2 heterocycles. The maximum Gasteiger partial charge on any atom is 0.193 e. The van der Waals surface area contributed by atoms with Gasteiger partial charge in [-0.1, -0.05) is 29.8 Å². The highest BCUT2D eigenvalue weighted by Gasteiger charge is 2.04. The van der Waals surface area contributed by atoms with Crippen molar-refractivity contribution in [2.45, 2.75) is 20.0 Å². The van der Waals surface area contributed by atoms with Crippen molar-refractivity contribution >= 4 is 46.2 Å². The molecule has 122 valence electrons. The molecule has 0 unspecified atom stereocenters. The summed E-state index contributed by atoms with van der Waals surface area (Å²) in [5.41, 5.74) is 3.51. The summed E-state index contributed by atoms with van der Waals surface area (Å²) in [6, 6.07) is 8.48. The number of thiazole rings is 1. The van der Waals surface area contributed by atoms with Gasteiger partial charge in [0.1, 0.15) is 0 Å². The van der Waals surface area contributed by atoms with Crippen LogP contribution in [-0.2, 0) is 13.1 Å². The van der Waals surface area contributed by atoms with Gasteiger partial charge in [0.25, 0.3) is 0 Å². The van der Waals surface area contributed by atoms with Gasteiger partial charge in [0.05, 0.1) is 12.2 Å². The molecule has 23 heavy (non-hydrogen) atoms. The Balaban J connectivity index is 0.00000192. The van der Waals surface area contributed by atoms with Crippen LogP contribution in [0.1, 0.15) is 16.8 Å². The van der Waals surface area contributed by atoms with Gasteiger partial charge >= 0.3 is 0 Å². The Bertz CT molecular complexity index is 747. The summed E-state index contributed by atoms with van der Waals surface area (Å²) in [4.78, 5) is 9.80. The first kappa shape index (κ1) is 17.7. The molecule has 0 saturated heterocycles. The van der Waals surface area contributed by atoms with E-state index in [-0.39, 0.29) is 24.0 Å². The number of hydrogen-bond acceptors (Lipinski definition) is 3. The van der Waals surface area contributed by atoms with Crippen LogP contribution >= 0.6 is 35.3 Å². The molecule has 0 aliphatic rings. The summed E-state index contributed by atoms with van der Waals surface area (Å²) in [6.07, 6.45) is 4.05. The molecule has 1 aromatic carbocycles. The first-order valence-electron chi connectivity index (χ1n) is 7.16. The highest BCUT2D eigenvalue weighted by atomic mass is 127. The number of nitrogens with one attached hydrogen (secondary N) is 2. The van der Waals surface area contributed by atoms with E-state index in [0.717, 1.165) is 23.2 Å². The van der Waals surface area contributed by atoms with Crippen molar-refractivity contribution in [1.82, 2.24) is 20.0 Å². The molecule has 0 atom stereocenters. The van der Waals surface area contributed by atoms with Crippen LogP contribution in [0.2, 0.25) is 0 Å². The van der Waals surface area contributed by atoms with Gasteiger partial charge in [0, 0.05) is 31.4 Å². The maximum absolute atomic E-state index is 4.54. The molecule has 0 saturated carbocycles. The Labute approximate surface area is 156 Å². The smallest absolute Gasteiger partial charge is 0.193 e. The average molecular weight is 441 g/mol. The Kier molecular flexibility index (Phi) is 6.40. The van der Waals surface area contributed by atoms with Crippen LogP contribution in [0.5, 0.6) is 0 Å². The number of aliphatic imine (C=N–C) groups is 1. The Morgan fingerprint density at radius 2 is 1.96 bits per heavy atom. The summed E-state index contributed by atoms with van der Waals surface area (Å²) in [5, 5.41) is 8.63. The lowest BCUT2D eigenvalue weighted by molar-refractivity contribution is 0.798. The minimum Gasteiger partial charge on any atom is -0.352 e. The summed E-state index contributed by atoms with van der Waals surface area (Å²) < 4.78 is 2.03. The first-order valence-corrected chi connectivity index (χ1v) is 8.04. The van der Waals surface area contributed by atoms with Crippen molar-refractivity contribution in [1.29, 1.82) is 0 Å². The van der Waals surface area contributed by atoms with Gasteiger partial charge in [-0.15, -0.1) is 35.3 Å². The van der Waals surface area contributed by atoms with Crippen LogP contribution in [-0.4, -0.2) is 22.4 Å². The van der Waals surface area contributed by atoms with Gasteiger partial charge < -0.3 is 10.6 Å². The molecule has 2 N–H and O–H groups in total. The van der Waals surface area contributed by atoms with Crippen LogP contribution in [0, 0.1) is 6.92 Å². The number of nitrogens with zero attached hydrogens (tertiary/aromatic N) is 3. The van der Waals surface area contributed by atoms with E-state index in [2.05, 4.69) is 51.8 Å². The number of aromatic nitrogens is 2. The standard InChI is InChI=1S/C16H19N5S.HI/c1-12-3-5-13(6-4-12)9-18-15(17-2)19-10-14-11-21-7-8-22-16(21)20-14;/h3-8,11H,9-10H2,1-2H3,(H2,17,18,19);1H. The topological polar surface area (TPSA) is 53.7 Å². The van der Waals surface area contributed by atoms with Crippen molar-refractivity contribution in [2.75, 3.05) is 7.05 Å². The average Bonchev–Trinajstić information content (AvgIpc) is 3.10. The zero-order chi connectivity index (χ0) is 15.4. The quantitative estimate of drug-likeness (QED) is 0.372. The van der Waals surface area contributed by atoms with Crippen molar-refractivity contribution in [3.63, 3.8) is 0 Å². The predicted octanol–water partition coefficient (Wildman–Crippen LogP) is 3.19. The summed E-state index contributed by atoms with van der Waals surface area (Å²) in [7, 11) is 1.77. The van der Waals surface area contributed by atoms with Gasteiger partial charge in [-0.05, 0) is 12.5 Å². The molecule has 5 nitrogen and oxygen atoms in total. The maximum atomic E-state index is 4.54. The molecule has 3 rings (SSSR count). The van der Waals surface area contributed by atoms with Gasteiger partial charge in [0.2, 0.25) is 0 Å². The van der Waals surface area contributed by atoms with Crippen LogP contribution in [0.3, 0.4) is 0 Å². The fourth-order valence-electron chi connectivity index (χ4n) is 2.15. The number of halogens is 1. The number of fused-ring (bicyclic) bond motifs is 1. The lowest BCUT2D eigenvalue weighted by atomic mass is 10.1. The Morgan fingerprint density at radius 3 is 2.65 bits per heavy atom. The van der Waals surface area contributed by atoms with Gasteiger partial charge in [-0.2, -0.15) is 0 Å². The van der Waals surface area contributed by atoms with E-state index >= 15 is 0 Å². The first-order chi connectivity index (χ1) is 10.7. The lowest BCUT2D eigenvalue weighted by Gasteiger charge is -2.11. The van der Waals surface area contributed by atoms with E-state index in [0.29, 0.717) is 6.54 Å². The van der Waals surface area contributed by atoms with Crippen LogP contribution < -0.4 is 10.6 Å². The van der Waals surface area contributed by atoms with Gasteiger partial charge in [-0.25, -0.2) is 4.98 Å². The molecule has 2 aromatic heterocycles. The summed E-state index contributed by atoms with van der Waals surface area (Å²) in [5.74, 6) is 0.775. The Morgan fingerprint density at radius 1 is 1.22 bits per heavy atom. The highest BCUT2D eigenvalue weighted by molar-refractivity contribution is 14.0. The number of aryl methyl sites for hydroxylation is 1. The van der Waals surface area contributed by atoms with E-state index in [1.165, 1.54) is 11.1 Å². The normalized spacial score (nSPS) is 11.3. The molecule has 0 aliphatic heterocycles. The SMILES string of the molecule is CN=C(NCc1ccc(C)cc1)NCc1cn2ccsc2n1.I. The van der Waals surface area contributed by atoms with Crippen molar-refractivity contribution in [3.05, 3.63) is 58.9 Å². The molecule has 0 spiro atoms. The number of imidazole rings is 1. The predicted molar refractivity (Wildman–Crippen MR) is 107 cm³/mol. The van der Waals surface area contributed by atoms with Gasteiger partial charge in [0.15, 0.2) is 10.9 Å². The molecule has 7 heteroatoms. The van der Waals surface area contributed by atoms with Crippen molar-refractivity contribution in [2.24, 2.45) is 4.99 Å². The number of benzene rings is 1. The van der Waals surface area contributed by atoms with E-state index in [9.17, 15) is 0 Å². The van der Waals surface area contributed by atoms with E-state index in [1.807, 2.05) is 22.2 Å². The second-order valence-electron chi connectivity index (χ2n) is 5.09. The summed E-state index contributed by atoms with van der Waals surface area (Å²) in [6.45, 7) is 3.49. The largest absolute Gasteiger partial charge is 0.352 e. The molecular weight excluding hydrogens is 421 g/mol. The third kappa shape index (κ3) is 4.68. The zero-order valence-electron chi connectivity index (χ0n) is 13.1. The van der Waals surface area contributed by atoms with Crippen LogP contribution in [0.15, 0.2) is 47.0 Å². The third-order valence-electron chi connectivity index (χ3n) is 3.38. The van der Waals surface area contributed by atoms with Crippen LogP contribution in [0.25, 0.3) is 4.96 Å². The number of hydrogen-bond donors (Lipinski definition) is 2. The molecule has 3 aromatic rings. The summed E-state index contributed by atoms with van der Waals surface area (Å²) >= 11 is 1.64. The van der Waals surface area contributed by atoms with Crippen LogP contribution in [0.4, 0.5) is 0 Å². The monoisotopic (exact) mass is 441 g/mol. The third-order valence-corrected chi connectivity index (χ3v) is 4.15. The molecule has 0 amide bonds. The number of rotatable bonds is 4. The number of guanidine groups is 1. The van der Waals surface area contributed by atoms with Crippen molar-refractivity contribution < 1.29 is 0 Å². The highest BCUT2D eigenvalue weighted by Crippen LogP contribution is 2.11. The molecular formula is C16H20IN5S. The van der Waals surface area contributed by atoms with Gasteiger partial charge in [-0.3, -0.25) is 9.39 Å². The fourth-order valence-corrected chi connectivity index (χ4v) is 2.87. The molecule has 0 aliphatic carbocycles. The molecule has 0 bridgehead atoms. The Hall–Kier alpha value is -1.61. The van der Waals surface area contributed by atoms with E-state index in [1.54, 1.807) is 18.4 Å². The fraction of sp³-hybridized carbons (Fsp3) is 0.250. The lowest BCUT2D eigenvalue weighted by Crippen LogP contribution is -2.36. The molecule has 0 fully saturated rings. The van der Waals surface area contributed by atoms with Crippen molar-refractivity contribution in [3.8, 4) is 0 Å². The minimum atomic E-state index is 0. The minimum absolute atomic E-state index is 0. The second-order valence-corrected chi connectivity index (χ2v) is 5.96. The second kappa shape index (κ2) is 8.30. The zero-order valence-corrected chi connectivity index (χ0v) is 16.3. The van der Waals surface area contributed by atoms with E-state index < -0.39 is 0 Å².